The van der Waals surface area contributed by atoms with Gasteiger partial charge >= 0.3 is 0 Å². The second kappa shape index (κ2) is 2490. The third-order valence-electron chi connectivity index (χ3n) is 0. The van der Waals surface area contributed by atoms with Crippen molar-refractivity contribution in [2.45, 2.75) is 0 Å². The van der Waals surface area contributed by atoms with Crippen LogP contribution in [0, 0.1) is 0 Å². The van der Waals surface area contributed by atoms with Crippen LogP contribution in [0.15, 0.2) is 0 Å². The molecule has 0 radical (unpaired) electrons. The molecule has 0 unspecified atom stereocenters. The van der Waals surface area contributed by atoms with E-state index in [0.717, 1.165) is 0 Å². The molecule has 0 spiro atoms. The molecule has 0 heterocycles. The van der Waals surface area contributed by atoms with E-state index in [4.69, 9.17) is 0 Å². The summed E-state index contributed by atoms with van der Waals surface area (Å²) in [6.45, 7) is 0. The van der Waals surface area contributed by atoms with E-state index >= 15 is 0 Å². The zero-order valence-corrected chi connectivity index (χ0v) is 23.6. The zero-order valence-electron chi connectivity index (χ0n) is 13.4. The Hall–Kier alpha value is 3.42. The molecule has 0 rings (SSSR count). The van der Waals surface area contributed by atoms with E-state index in [1.807, 2.05) is 0 Å². The van der Waals surface area contributed by atoms with Crippen molar-refractivity contribution in [3.05, 3.63) is 0 Å². The number of hydrogen-bond acceptors (Lipinski definition) is 6. The summed E-state index contributed by atoms with van der Waals surface area (Å²) in [6.07, 6.45) is 0. The van der Waals surface area contributed by atoms with Crippen molar-refractivity contribution in [1.82, 2.24) is 0 Å². The molecule has 0 saturated heterocycles. The van der Waals surface area contributed by atoms with Crippen molar-refractivity contribution in [1.29, 1.82) is 0 Å². The molecular formula is H36Cr8O21-6. The van der Waals surface area contributed by atoms with Gasteiger partial charge in [0.25, 0.3) is 0 Å². The Morgan fingerprint density at radius 1 is 0.103 bits per heavy atom. The maximum atomic E-state index is 0. The molecule has 0 aromatic heterocycles. The summed E-state index contributed by atoms with van der Waals surface area (Å²) in [5.41, 5.74) is 0. The molecule has 36 N–H and O–H groups in total. The molecular weight excluding hydrogens is 752 g/mol. The molecule has 0 atom stereocenters. The molecule has 29 heavy (non-hydrogen) atoms. The van der Waals surface area contributed by atoms with Gasteiger partial charge in [0.1, 0.15) is 0 Å². The van der Waals surface area contributed by atoms with Crippen LogP contribution in [0.5, 0.6) is 0 Å². The van der Waals surface area contributed by atoms with Crippen LogP contribution >= 0.6 is 0 Å². The molecule has 0 fully saturated rings. The van der Waals surface area contributed by atoms with Gasteiger partial charge in [-0.05, 0) is 0 Å². The van der Waals surface area contributed by atoms with Crippen LogP contribution in [-0.4, -0.2) is 115 Å². The van der Waals surface area contributed by atoms with Gasteiger partial charge in [-0.25, -0.2) is 0 Å². The van der Waals surface area contributed by atoms with Crippen LogP contribution in [0.2, 0.25) is 0 Å². The quantitative estimate of drug-likeness (QED) is 0.229. The van der Waals surface area contributed by atoms with Gasteiger partial charge in [-0.1, -0.05) is 0 Å². The summed E-state index contributed by atoms with van der Waals surface area (Å²) < 4.78 is 0. The van der Waals surface area contributed by atoms with Gasteiger partial charge in [-0.15, -0.1) is 0 Å². The standard InChI is InChI=1S/8Cr.21H2O/h;;;;;;;;21*1H2/p-6. The summed E-state index contributed by atoms with van der Waals surface area (Å²) in [7, 11) is 0. The SMILES string of the molecule is O.O.O.O.O.O.O.O.O.O.O.O.O.O.O.[Cr].[Cr].[Cr].[Cr].[Cr].[Cr].[Cr].[Cr].[OH-].[OH-].[OH-].[OH-].[OH-].[OH-]. The largest absolute Gasteiger partial charge is 0.870 e. The van der Waals surface area contributed by atoms with E-state index in [1.54, 1.807) is 0 Å². The van der Waals surface area contributed by atoms with Gasteiger partial charge in [0.2, 0.25) is 0 Å². The summed E-state index contributed by atoms with van der Waals surface area (Å²) in [5.74, 6) is 0. The first-order valence-corrected chi connectivity index (χ1v) is 0. The summed E-state index contributed by atoms with van der Waals surface area (Å²) >= 11 is 0. The fourth-order valence-electron chi connectivity index (χ4n) is 0. The van der Waals surface area contributed by atoms with Crippen molar-refractivity contribution in [2.24, 2.45) is 0 Å². The van der Waals surface area contributed by atoms with Crippen molar-refractivity contribution >= 4 is 0 Å². The van der Waals surface area contributed by atoms with Crippen LogP contribution in [0.4, 0.5) is 0 Å². The van der Waals surface area contributed by atoms with Gasteiger partial charge in [0.15, 0.2) is 0 Å². The van der Waals surface area contributed by atoms with E-state index in [9.17, 15) is 0 Å². The van der Waals surface area contributed by atoms with Crippen LogP contribution in [0.25, 0.3) is 0 Å². The molecule has 0 aliphatic heterocycles. The van der Waals surface area contributed by atoms with E-state index < -0.39 is 0 Å². The fourth-order valence-corrected chi connectivity index (χ4v) is 0. The van der Waals surface area contributed by atoms with Gasteiger partial charge in [0.05, 0.1) is 0 Å². The van der Waals surface area contributed by atoms with Crippen LogP contribution in [-0.2, 0) is 139 Å². The Morgan fingerprint density at radius 2 is 0.103 bits per heavy atom. The van der Waals surface area contributed by atoms with Gasteiger partial charge in [-0.3, -0.25) is 0 Å². The van der Waals surface area contributed by atoms with Crippen molar-refractivity contribution < 1.29 is 254 Å². The van der Waals surface area contributed by atoms with Crippen molar-refractivity contribution in [3.8, 4) is 0 Å². The Balaban J connectivity index is 0. The molecule has 216 valence electrons. The van der Waals surface area contributed by atoms with Crippen molar-refractivity contribution in [3.63, 3.8) is 0 Å². The Morgan fingerprint density at radius 3 is 0.103 bits per heavy atom. The molecule has 0 aromatic rings. The topological polar surface area (TPSA) is 652 Å². The van der Waals surface area contributed by atoms with Crippen molar-refractivity contribution in [2.75, 3.05) is 0 Å². The van der Waals surface area contributed by atoms with Gasteiger partial charge in [-0.2, -0.15) is 0 Å². The molecule has 0 aromatic carbocycles. The first-order valence-electron chi connectivity index (χ1n) is 0. The average molecular weight is 788 g/mol. The zero-order chi connectivity index (χ0) is 0. The number of rotatable bonds is 0. The molecule has 0 amide bonds. The minimum atomic E-state index is 0. The second-order valence-electron chi connectivity index (χ2n) is 0. The summed E-state index contributed by atoms with van der Waals surface area (Å²) in [6, 6.07) is 0. The Bertz CT molecular complexity index is 24.6. The fraction of sp³-hybridized carbons (Fsp3) is 0. The molecule has 21 nitrogen and oxygen atoms in total. The molecule has 0 aliphatic rings. The van der Waals surface area contributed by atoms with E-state index in [2.05, 4.69) is 0 Å². The minimum absolute atomic E-state index is 0. The van der Waals surface area contributed by atoms with Crippen LogP contribution in [0.1, 0.15) is 0 Å². The predicted octanol–water partition coefficient (Wildman–Crippen LogP) is -13.5. The Kier molecular flexibility index (Phi) is 235000. The molecule has 0 bridgehead atoms. The van der Waals surface area contributed by atoms with E-state index in [1.165, 1.54) is 0 Å². The monoisotopic (exact) mass is 788 g/mol. The average Bonchev–Trinajstić information content (AvgIpc) is 0. The van der Waals surface area contributed by atoms with Gasteiger partial charge < -0.3 is 115 Å². The van der Waals surface area contributed by atoms with E-state index in [-0.39, 0.29) is 254 Å². The normalized spacial score (nSPS) is 0. The maximum absolute atomic E-state index is 0. The van der Waals surface area contributed by atoms with Crippen LogP contribution in [0.3, 0.4) is 0 Å². The first-order chi connectivity index (χ1) is 0. The summed E-state index contributed by atoms with van der Waals surface area (Å²) in [5, 5.41) is 0. The smallest absolute Gasteiger partial charge is 0 e. The van der Waals surface area contributed by atoms with Crippen LogP contribution < -0.4 is 0 Å². The third kappa shape index (κ3) is 2330. The maximum Gasteiger partial charge on any atom is 0 e. The minimum Gasteiger partial charge on any atom is -0.870 e. The molecule has 0 aliphatic carbocycles. The predicted molar refractivity (Wildman–Crippen MR) is 65.8 cm³/mol. The van der Waals surface area contributed by atoms with E-state index in [0.29, 0.717) is 0 Å². The van der Waals surface area contributed by atoms with Gasteiger partial charge in [0, 0.05) is 139 Å². The third-order valence-corrected chi connectivity index (χ3v) is 0. The molecule has 0 saturated carbocycles. The number of hydrogen-bond donors (Lipinski definition) is 0. The molecule has 29 heteroatoms. The summed E-state index contributed by atoms with van der Waals surface area (Å²) in [4.78, 5) is 0. The second-order valence-corrected chi connectivity index (χ2v) is 0. The first kappa shape index (κ1) is 2740. The Labute approximate surface area is 251 Å².